The van der Waals surface area contributed by atoms with Crippen LogP contribution >= 0.6 is 11.8 Å². The molecule has 6 nitrogen and oxygen atoms in total. The lowest BCUT2D eigenvalue weighted by atomic mass is 10.4. The van der Waals surface area contributed by atoms with Crippen LogP contribution in [0.25, 0.3) is 0 Å². The van der Waals surface area contributed by atoms with Crippen LogP contribution in [0.4, 0.5) is 5.82 Å². The van der Waals surface area contributed by atoms with E-state index in [1.54, 1.807) is 11.8 Å². The van der Waals surface area contributed by atoms with Crippen LogP contribution in [0.15, 0.2) is 11.2 Å². The first-order valence-corrected chi connectivity index (χ1v) is 7.78. The van der Waals surface area contributed by atoms with E-state index in [0.29, 0.717) is 23.6 Å². The molecule has 0 radical (unpaired) electrons. The van der Waals surface area contributed by atoms with Crippen molar-refractivity contribution in [3.8, 4) is 5.88 Å². The summed E-state index contributed by atoms with van der Waals surface area (Å²) >= 11 is 1.72. The number of aryl methyl sites for hydroxylation is 1. The Bertz CT molecular complexity index is 517. The van der Waals surface area contributed by atoms with E-state index in [9.17, 15) is 0 Å². The second kappa shape index (κ2) is 5.87. The molecule has 1 saturated carbocycles. The summed E-state index contributed by atoms with van der Waals surface area (Å²) in [6.45, 7) is 5.39. The Morgan fingerprint density at radius 1 is 1.45 bits per heavy atom. The first kappa shape index (κ1) is 13.5. The Hall–Kier alpha value is -1.50. The molecule has 20 heavy (non-hydrogen) atoms. The van der Waals surface area contributed by atoms with Gasteiger partial charge in [-0.2, -0.15) is 10.1 Å². The Morgan fingerprint density at radius 2 is 2.30 bits per heavy atom. The predicted octanol–water partition coefficient (Wildman–Crippen LogP) is 1.98. The highest BCUT2D eigenvalue weighted by atomic mass is 32.2. The lowest BCUT2D eigenvalue weighted by molar-refractivity contribution is 0.287. The standard InChI is InChI=1S/C13H19N5OS/c1-8-15-11(14-6-13-18-17-9(2)20-13)5-12(16-8)19-7-10-3-4-10/h5,9-10,17H,3-4,6-7H2,1-2H3,(H,14,15,16). The van der Waals surface area contributed by atoms with E-state index in [1.165, 1.54) is 12.8 Å². The Morgan fingerprint density at radius 3 is 3.00 bits per heavy atom. The number of hydrazone groups is 1. The Labute approximate surface area is 122 Å². The second-order valence-electron chi connectivity index (χ2n) is 5.14. The molecule has 0 aromatic carbocycles. The van der Waals surface area contributed by atoms with Gasteiger partial charge in [0.15, 0.2) is 0 Å². The average molecular weight is 293 g/mol. The third-order valence-electron chi connectivity index (χ3n) is 3.08. The predicted molar refractivity (Wildman–Crippen MR) is 81.1 cm³/mol. The molecule has 1 aromatic rings. The summed E-state index contributed by atoms with van der Waals surface area (Å²) in [5.74, 6) is 2.87. The lowest BCUT2D eigenvalue weighted by Crippen LogP contribution is -2.12. The van der Waals surface area contributed by atoms with Crippen LogP contribution in [0.3, 0.4) is 0 Å². The van der Waals surface area contributed by atoms with E-state index in [0.717, 1.165) is 23.4 Å². The van der Waals surface area contributed by atoms with E-state index >= 15 is 0 Å². The number of nitrogens with zero attached hydrogens (tertiary/aromatic N) is 3. The molecule has 2 heterocycles. The van der Waals surface area contributed by atoms with Gasteiger partial charge in [0.05, 0.1) is 18.5 Å². The second-order valence-corrected chi connectivity index (χ2v) is 6.56. The van der Waals surface area contributed by atoms with Crippen LogP contribution in [0.2, 0.25) is 0 Å². The van der Waals surface area contributed by atoms with Crippen molar-refractivity contribution in [2.75, 3.05) is 18.5 Å². The average Bonchev–Trinajstić information content (AvgIpc) is 3.15. The van der Waals surface area contributed by atoms with Gasteiger partial charge in [-0.15, -0.1) is 0 Å². The van der Waals surface area contributed by atoms with E-state index < -0.39 is 0 Å². The molecule has 1 aliphatic heterocycles. The number of anilines is 1. The van der Waals surface area contributed by atoms with Gasteiger partial charge in [-0.1, -0.05) is 11.8 Å². The minimum absolute atomic E-state index is 0.344. The number of thioether (sulfide) groups is 1. The molecule has 0 saturated heterocycles. The molecule has 0 amide bonds. The zero-order valence-corrected chi connectivity index (χ0v) is 12.5. The fraction of sp³-hybridized carbons (Fsp3) is 0.615. The number of hydrogen-bond acceptors (Lipinski definition) is 7. The first-order chi connectivity index (χ1) is 9.69. The van der Waals surface area contributed by atoms with Crippen molar-refractivity contribution >= 4 is 22.6 Å². The highest BCUT2D eigenvalue weighted by molar-refractivity contribution is 8.14. The van der Waals surface area contributed by atoms with Crippen molar-refractivity contribution in [3.05, 3.63) is 11.9 Å². The van der Waals surface area contributed by atoms with Gasteiger partial charge in [0, 0.05) is 6.07 Å². The van der Waals surface area contributed by atoms with Crippen LogP contribution in [0, 0.1) is 12.8 Å². The molecule has 1 aromatic heterocycles. The maximum atomic E-state index is 5.70. The summed E-state index contributed by atoms with van der Waals surface area (Å²) in [7, 11) is 0. The number of hydrogen-bond donors (Lipinski definition) is 2. The monoisotopic (exact) mass is 293 g/mol. The maximum Gasteiger partial charge on any atom is 0.218 e. The summed E-state index contributed by atoms with van der Waals surface area (Å²) < 4.78 is 5.70. The van der Waals surface area contributed by atoms with Gasteiger partial charge >= 0.3 is 0 Å². The van der Waals surface area contributed by atoms with Gasteiger partial charge in [0.1, 0.15) is 16.7 Å². The van der Waals surface area contributed by atoms with Crippen LogP contribution in [-0.4, -0.2) is 33.5 Å². The van der Waals surface area contributed by atoms with Crippen molar-refractivity contribution in [2.45, 2.75) is 32.1 Å². The first-order valence-electron chi connectivity index (χ1n) is 6.90. The number of aromatic nitrogens is 2. The molecular formula is C13H19N5OS. The highest BCUT2D eigenvalue weighted by Gasteiger charge is 2.22. The number of nitrogens with one attached hydrogen (secondary N) is 2. The Balaban J connectivity index is 1.57. The minimum Gasteiger partial charge on any atom is -0.477 e. The molecule has 0 bridgehead atoms. The normalized spacial score (nSPS) is 21.3. The van der Waals surface area contributed by atoms with Crippen molar-refractivity contribution < 1.29 is 4.74 Å². The molecular weight excluding hydrogens is 274 g/mol. The maximum absolute atomic E-state index is 5.70. The van der Waals surface area contributed by atoms with Crippen LogP contribution in [0.1, 0.15) is 25.6 Å². The number of ether oxygens (including phenoxy) is 1. The van der Waals surface area contributed by atoms with Gasteiger partial charge in [-0.05, 0) is 32.6 Å². The highest BCUT2D eigenvalue weighted by Crippen LogP contribution is 2.29. The molecule has 7 heteroatoms. The van der Waals surface area contributed by atoms with Gasteiger partial charge < -0.3 is 10.1 Å². The number of rotatable bonds is 6. The van der Waals surface area contributed by atoms with E-state index in [2.05, 4.69) is 32.7 Å². The molecule has 3 rings (SSSR count). The summed E-state index contributed by atoms with van der Waals surface area (Å²) in [4.78, 5) is 8.67. The van der Waals surface area contributed by atoms with E-state index in [1.807, 2.05) is 13.0 Å². The quantitative estimate of drug-likeness (QED) is 0.835. The van der Waals surface area contributed by atoms with Crippen molar-refractivity contribution in [1.82, 2.24) is 15.4 Å². The van der Waals surface area contributed by atoms with Crippen LogP contribution < -0.4 is 15.5 Å². The van der Waals surface area contributed by atoms with Crippen molar-refractivity contribution in [2.24, 2.45) is 11.0 Å². The summed E-state index contributed by atoms with van der Waals surface area (Å²) in [5.41, 5.74) is 3.02. The molecule has 0 spiro atoms. The fourth-order valence-corrected chi connectivity index (χ4v) is 2.63. The molecule has 1 unspecified atom stereocenters. The zero-order valence-electron chi connectivity index (χ0n) is 11.7. The molecule has 2 N–H and O–H groups in total. The van der Waals surface area contributed by atoms with Crippen molar-refractivity contribution in [3.63, 3.8) is 0 Å². The zero-order chi connectivity index (χ0) is 13.9. The largest absolute Gasteiger partial charge is 0.477 e. The van der Waals surface area contributed by atoms with E-state index in [-0.39, 0.29) is 0 Å². The Kier molecular flexibility index (Phi) is 3.95. The molecule has 1 atom stereocenters. The molecule has 1 aliphatic carbocycles. The minimum atomic E-state index is 0.344. The molecule has 1 fully saturated rings. The van der Waals surface area contributed by atoms with Gasteiger partial charge in [-0.3, -0.25) is 5.43 Å². The van der Waals surface area contributed by atoms with Gasteiger partial charge in [-0.25, -0.2) is 4.98 Å². The fourth-order valence-electron chi connectivity index (χ4n) is 1.86. The van der Waals surface area contributed by atoms with Crippen molar-refractivity contribution in [1.29, 1.82) is 0 Å². The third-order valence-corrected chi connectivity index (χ3v) is 4.05. The third kappa shape index (κ3) is 3.75. The summed E-state index contributed by atoms with van der Waals surface area (Å²) in [6.07, 6.45) is 2.55. The lowest BCUT2D eigenvalue weighted by Gasteiger charge is -2.09. The summed E-state index contributed by atoms with van der Waals surface area (Å²) in [5, 5.41) is 8.89. The van der Waals surface area contributed by atoms with Crippen LogP contribution in [0.5, 0.6) is 5.88 Å². The van der Waals surface area contributed by atoms with E-state index in [4.69, 9.17) is 4.74 Å². The summed E-state index contributed by atoms with van der Waals surface area (Å²) in [6, 6.07) is 1.85. The molecule has 2 aliphatic rings. The van der Waals surface area contributed by atoms with Gasteiger partial charge in [0.2, 0.25) is 5.88 Å². The van der Waals surface area contributed by atoms with Gasteiger partial charge in [0.25, 0.3) is 0 Å². The topological polar surface area (TPSA) is 71.4 Å². The smallest absolute Gasteiger partial charge is 0.218 e. The van der Waals surface area contributed by atoms with Crippen LogP contribution in [-0.2, 0) is 0 Å². The SMILES string of the molecule is Cc1nc(NCC2=NNC(C)S2)cc(OCC2CC2)n1. The molecule has 108 valence electrons.